The van der Waals surface area contributed by atoms with Gasteiger partial charge >= 0.3 is 0 Å². The zero-order chi connectivity index (χ0) is 13.7. The smallest absolute Gasteiger partial charge is 0.119 e. The minimum absolute atomic E-state index is 0.254. The van der Waals surface area contributed by atoms with Crippen molar-refractivity contribution in [1.29, 1.82) is 0 Å². The number of H-pyrrole nitrogens is 1. The quantitative estimate of drug-likeness (QED) is 0.516. The van der Waals surface area contributed by atoms with Crippen molar-refractivity contribution in [2.24, 2.45) is 0 Å². The molecule has 4 aromatic rings. The van der Waals surface area contributed by atoms with E-state index in [0.717, 1.165) is 38.2 Å². The molecule has 4 heteroatoms. The van der Waals surface area contributed by atoms with Crippen molar-refractivity contribution in [3.63, 3.8) is 0 Å². The van der Waals surface area contributed by atoms with Crippen LogP contribution in [0, 0.1) is 0 Å². The fraction of sp³-hybridized carbons (Fsp3) is 0.0625. The lowest BCUT2D eigenvalue weighted by atomic mass is 9.98. The van der Waals surface area contributed by atoms with Crippen LogP contribution in [0.3, 0.4) is 0 Å². The molecular weight excluding hydrogens is 252 g/mol. The fourth-order valence-electron chi connectivity index (χ4n) is 2.78. The molecule has 1 heterocycles. The maximum absolute atomic E-state index is 9.78. The van der Waals surface area contributed by atoms with Crippen molar-refractivity contribution in [3.05, 3.63) is 42.6 Å². The molecule has 0 fully saturated rings. The molecule has 20 heavy (non-hydrogen) atoms. The molecule has 1 aromatic heterocycles. The summed E-state index contributed by atoms with van der Waals surface area (Å²) in [5, 5.41) is 22.2. The first kappa shape index (κ1) is 11.1. The second kappa shape index (κ2) is 3.87. The number of phenols is 1. The van der Waals surface area contributed by atoms with Gasteiger partial charge in [0.1, 0.15) is 11.5 Å². The highest BCUT2D eigenvalue weighted by Crippen LogP contribution is 2.36. The highest BCUT2D eigenvalue weighted by atomic mass is 16.5. The number of benzene rings is 3. The maximum atomic E-state index is 9.78. The van der Waals surface area contributed by atoms with Crippen LogP contribution in [-0.4, -0.2) is 22.4 Å². The normalized spacial score (nSPS) is 11.4. The van der Waals surface area contributed by atoms with E-state index >= 15 is 0 Å². The van der Waals surface area contributed by atoms with Gasteiger partial charge < -0.3 is 9.84 Å². The standard InChI is InChI=1S/C16H12N2O2/c1-20-10-3-5-12-14(7-10)13-6-9(19)2-4-11(13)15-8-17-18-16(12)15/h2-8,19H,1H3,(H,17,18). The summed E-state index contributed by atoms with van der Waals surface area (Å²) >= 11 is 0. The van der Waals surface area contributed by atoms with Gasteiger partial charge in [-0.3, -0.25) is 5.10 Å². The third-order valence-electron chi connectivity index (χ3n) is 3.72. The number of hydrogen-bond acceptors (Lipinski definition) is 3. The van der Waals surface area contributed by atoms with Crippen LogP contribution in [0.25, 0.3) is 32.4 Å². The molecule has 98 valence electrons. The monoisotopic (exact) mass is 264 g/mol. The SMILES string of the molecule is COc1ccc2c(c1)c1cc(O)ccc1c1cn[nH]c21. The lowest BCUT2D eigenvalue weighted by Crippen LogP contribution is -1.85. The van der Waals surface area contributed by atoms with Gasteiger partial charge in [0.15, 0.2) is 0 Å². The Morgan fingerprint density at radius 2 is 1.75 bits per heavy atom. The van der Waals surface area contributed by atoms with E-state index in [1.165, 1.54) is 0 Å². The Morgan fingerprint density at radius 3 is 2.60 bits per heavy atom. The molecule has 0 saturated carbocycles. The van der Waals surface area contributed by atoms with Crippen LogP contribution in [0.2, 0.25) is 0 Å². The number of aromatic amines is 1. The minimum atomic E-state index is 0.254. The number of fused-ring (bicyclic) bond motifs is 6. The molecule has 2 N–H and O–H groups in total. The Morgan fingerprint density at radius 1 is 0.950 bits per heavy atom. The Bertz CT molecular complexity index is 957. The number of aromatic hydroxyl groups is 1. The third kappa shape index (κ3) is 1.39. The summed E-state index contributed by atoms with van der Waals surface area (Å²) < 4.78 is 5.31. The van der Waals surface area contributed by atoms with Crippen molar-refractivity contribution in [3.8, 4) is 11.5 Å². The lowest BCUT2D eigenvalue weighted by molar-refractivity contribution is 0.415. The van der Waals surface area contributed by atoms with Crippen LogP contribution < -0.4 is 4.74 Å². The number of phenolic OH excluding ortho intramolecular Hbond substituents is 1. The van der Waals surface area contributed by atoms with Crippen molar-refractivity contribution in [2.75, 3.05) is 7.11 Å². The van der Waals surface area contributed by atoms with Crippen LogP contribution in [0.4, 0.5) is 0 Å². The fourth-order valence-corrected chi connectivity index (χ4v) is 2.78. The number of aromatic nitrogens is 2. The predicted molar refractivity (Wildman–Crippen MR) is 79.3 cm³/mol. The summed E-state index contributed by atoms with van der Waals surface area (Å²) in [5.74, 6) is 1.05. The molecule has 0 aliphatic carbocycles. The summed E-state index contributed by atoms with van der Waals surface area (Å²) in [7, 11) is 1.65. The highest BCUT2D eigenvalue weighted by Gasteiger charge is 2.11. The van der Waals surface area contributed by atoms with Gasteiger partial charge in [0.05, 0.1) is 18.8 Å². The molecule has 0 aliphatic heterocycles. The number of rotatable bonds is 1. The summed E-state index contributed by atoms with van der Waals surface area (Å²) in [6, 6.07) is 11.3. The molecule has 0 spiro atoms. The minimum Gasteiger partial charge on any atom is -0.508 e. The molecule has 4 nitrogen and oxygen atoms in total. The van der Waals surface area contributed by atoms with Gasteiger partial charge in [-0.1, -0.05) is 0 Å². The van der Waals surface area contributed by atoms with Gasteiger partial charge in [0.25, 0.3) is 0 Å². The first-order valence-corrected chi connectivity index (χ1v) is 6.33. The summed E-state index contributed by atoms with van der Waals surface area (Å²) in [5.41, 5.74) is 1.00. The van der Waals surface area contributed by atoms with E-state index < -0.39 is 0 Å². The van der Waals surface area contributed by atoms with E-state index in [9.17, 15) is 5.11 Å². The molecule has 0 aliphatic rings. The van der Waals surface area contributed by atoms with Gasteiger partial charge in [-0.2, -0.15) is 5.10 Å². The largest absolute Gasteiger partial charge is 0.508 e. The zero-order valence-corrected chi connectivity index (χ0v) is 10.8. The van der Waals surface area contributed by atoms with Crippen LogP contribution in [0.1, 0.15) is 0 Å². The molecule has 0 bridgehead atoms. The van der Waals surface area contributed by atoms with E-state index in [2.05, 4.69) is 10.2 Å². The van der Waals surface area contributed by atoms with E-state index in [1.54, 1.807) is 19.2 Å². The van der Waals surface area contributed by atoms with Gasteiger partial charge in [0.2, 0.25) is 0 Å². The second-order valence-electron chi connectivity index (χ2n) is 4.80. The van der Waals surface area contributed by atoms with Gasteiger partial charge in [0, 0.05) is 10.8 Å². The summed E-state index contributed by atoms with van der Waals surface area (Å²) in [6.45, 7) is 0. The average molecular weight is 264 g/mol. The van der Waals surface area contributed by atoms with Crippen molar-refractivity contribution in [2.45, 2.75) is 0 Å². The molecule has 0 atom stereocenters. The van der Waals surface area contributed by atoms with Crippen molar-refractivity contribution >= 4 is 32.4 Å². The van der Waals surface area contributed by atoms with Crippen LogP contribution >= 0.6 is 0 Å². The molecule has 0 unspecified atom stereocenters. The molecule has 3 aromatic carbocycles. The van der Waals surface area contributed by atoms with E-state index in [4.69, 9.17) is 4.74 Å². The molecule has 4 rings (SSSR count). The van der Waals surface area contributed by atoms with Crippen LogP contribution in [0.5, 0.6) is 11.5 Å². The Hall–Kier alpha value is -2.75. The molecular formula is C16H12N2O2. The molecule has 0 saturated heterocycles. The van der Waals surface area contributed by atoms with E-state index in [-0.39, 0.29) is 5.75 Å². The number of nitrogens with one attached hydrogen (secondary N) is 1. The van der Waals surface area contributed by atoms with Crippen LogP contribution in [-0.2, 0) is 0 Å². The van der Waals surface area contributed by atoms with Crippen LogP contribution in [0.15, 0.2) is 42.6 Å². The van der Waals surface area contributed by atoms with Crippen molar-refractivity contribution < 1.29 is 9.84 Å². The van der Waals surface area contributed by atoms with E-state index in [0.29, 0.717) is 0 Å². The van der Waals surface area contributed by atoms with Gasteiger partial charge in [-0.15, -0.1) is 0 Å². The summed E-state index contributed by atoms with van der Waals surface area (Å²) in [4.78, 5) is 0. The molecule has 0 radical (unpaired) electrons. The topological polar surface area (TPSA) is 58.1 Å². The lowest BCUT2D eigenvalue weighted by Gasteiger charge is -2.08. The number of methoxy groups -OCH3 is 1. The number of hydrogen-bond donors (Lipinski definition) is 2. The number of nitrogens with zero attached hydrogens (tertiary/aromatic N) is 1. The predicted octanol–water partition coefficient (Wildman–Crippen LogP) is 3.58. The maximum Gasteiger partial charge on any atom is 0.119 e. The summed E-state index contributed by atoms with van der Waals surface area (Å²) in [6.07, 6.45) is 1.82. The molecule has 0 amide bonds. The Balaban J connectivity index is 2.33. The third-order valence-corrected chi connectivity index (χ3v) is 3.72. The Kier molecular flexibility index (Phi) is 2.15. The highest BCUT2D eigenvalue weighted by molar-refractivity contribution is 6.24. The number of ether oxygens (including phenoxy) is 1. The second-order valence-corrected chi connectivity index (χ2v) is 4.80. The van der Waals surface area contributed by atoms with Crippen molar-refractivity contribution in [1.82, 2.24) is 10.2 Å². The average Bonchev–Trinajstić information content (AvgIpc) is 2.96. The first-order chi connectivity index (χ1) is 9.78. The van der Waals surface area contributed by atoms with Gasteiger partial charge in [-0.25, -0.2) is 0 Å². The first-order valence-electron chi connectivity index (χ1n) is 6.33. The van der Waals surface area contributed by atoms with Gasteiger partial charge in [-0.05, 0) is 52.6 Å². The van der Waals surface area contributed by atoms with E-state index in [1.807, 2.05) is 30.5 Å². The zero-order valence-electron chi connectivity index (χ0n) is 10.8. The Labute approximate surface area is 114 Å².